The van der Waals surface area contributed by atoms with E-state index in [4.69, 9.17) is 5.26 Å². The topological polar surface area (TPSA) is 112 Å². The van der Waals surface area contributed by atoms with Gasteiger partial charge in [0.15, 0.2) is 14.9 Å². The van der Waals surface area contributed by atoms with Crippen LogP contribution in [0, 0.1) is 11.3 Å². The Morgan fingerprint density at radius 3 is 2.64 bits per heavy atom. The van der Waals surface area contributed by atoms with E-state index in [1.54, 1.807) is 6.07 Å². The van der Waals surface area contributed by atoms with E-state index in [1.165, 1.54) is 23.9 Å². The molecule has 122 valence electrons. The second-order valence-electron chi connectivity index (χ2n) is 5.36. The highest BCUT2D eigenvalue weighted by Gasteiger charge is 2.54. The van der Waals surface area contributed by atoms with E-state index in [0.717, 1.165) is 6.26 Å². The van der Waals surface area contributed by atoms with Gasteiger partial charge < -0.3 is 0 Å². The van der Waals surface area contributed by atoms with Gasteiger partial charge in [-0.25, -0.2) is 8.42 Å². The highest BCUT2D eigenvalue weighted by atomic mass is 32.2. The van der Waals surface area contributed by atoms with Gasteiger partial charge in [0, 0.05) is 25.2 Å². The predicted molar refractivity (Wildman–Crippen MR) is 83.6 cm³/mol. The molecular formula is C12H17N2O5S3+. The normalized spacial score (nSPS) is 31.8. The molecule has 2 aliphatic heterocycles. The first-order valence-electron chi connectivity index (χ1n) is 6.60. The minimum absolute atomic E-state index is 0.127. The first-order chi connectivity index (χ1) is 10.1. The molecule has 2 rings (SSSR count). The SMILES string of the molecule is CS(=O)(=O)C(C#N)=CC=C1SCC[N+]12CCCC2S(=O)(=O)O. The molecule has 0 aromatic heterocycles. The maximum Gasteiger partial charge on any atom is 0.319 e. The molecule has 22 heavy (non-hydrogen) atoms. The number of thioether (sulfide) groups is 1. The molecule has 2 heterocycles. The van der Waals surface area contributed by atoms with E-state index in [-0.39, 0.29) is 9.39 Å². The van der Waals surface area contributed by atoms with E-state index in [1.807, 2.05) is 0 Å². The maximum atomic E-state index is 11.6. The van der Waals surface area contributed by atoms with Gasteiger partial charge in [0.25, 0.3) is 0 Å². The van der Waals surface area contributed by atoms with Crippen molar-refractivity contribution in [2.75, 3.05) is 25.1 Å². The Bertz CT molecular complexity index is 772. The number of hydrogen-bond acceptors (Lipinski definition) is 6. The Balaban J connectivity index is 2.46. The predicted octanol–water partition coefficient (Wildman–Crippen LogP) is 0.851. The van der Waals surface area contributed by atoms with Gasteiger partial charge in [-0.05, 0) is 6.08 Å². The standard InChI is InChI=1S/C12H16N2O5S3/c1-21(15,16)10(9-13)4-5-11-14(7-8-20-11)6-2-3-12(14)22(17,18)19/h4-5,12H,2-3,6-8H2,1H3/p+1. The minimum Gasteiger partial charge on any atom is -0.281 e. The van der Waals surface area contributed by atoms with Gasteiger partial charge in [-0.15, -0.1) is 0 Å². The van der Waals surface area contributed by atoms with Gasteiger partial charge in [-0.2, -0.15) is 13.7 Å². The van der Waals surface area contributed by atoms with E-state index in [0.29, 0.717) is 36.7 Å². The zero-order chi connectivity index (χ0) is 16.6. The fourth-order valence-corrected chi connectivity index (χ4v) is 6.19. The molecule has 0 aromatic rings. The number of quaternary nitrogens is 1. The maximum absolute atomic E-state index is 11.6. The van der Waals surface area contributed by atoms with Gasteiger partial charge in [-0.1, -0.05) is 11.8 Å². The summed E-state index contributed by atoms with van der Waals surface area (Å²) in [6, 6.07) is 1.63. The number of sulfone groups is 1. The molecule has 2 unspecified atom stereocenters. The summed E-state index contributed by atoms with van der Waals surface area (Å²) in [6.45, 7) is 1.15. The lowest BCUT2D eigenvalue weighted by Gasteiger charge is -2.33. The Morgan fingerprint density at radius 2 is 2.09 bits per heavy atom. The molecule has 2 fully saturated rings. The van der Waals surface area contributed by atoms with Gasteiger partial charge >= 0.3 is 10.1 Å². The van der Waals surface area contributed by atoms with Crippen LogP contribution in [0.5, 0.6) is 0 Å². The number of rotatable bonds is 3. The number of nitriles is 1. The molecule has 2 atom stereocenters. The van der Waals surface area contributed by atoms with Crippen molar-refractivity contribution in [1.29, 1.82) is 5.26 Å². The van der Waals surface area contributed by atoms with Crippen LogP contribution in [0.3, 0.4) is 0 Å². The lowest BCUT2D eigenvalue weighted by Crippen LogP contribution is -2.51. The molecule has 0 amide bonds. The zero-order valence-electron chi connectivity index (χ0n) is 12.0. The fraction of sp³-hybridized carbons (Fsp3) is 0.583. The number of nitrogens with zero attached hydrogens (tertiary/aromatic N) is 2. The summed E-state index contributed by atoms with van der Waals surface area (Å²) in [5, 5.41) is 8.67. The third-order valence-corrected chi connectivity index (χ3v) is 7.50. The van der Waals surface area contributed by atoms with Gasteiger partial charge in [-0.3, -0.25) is 9.04 Å². The van der Waals surface area contributed by atoms with Crippen LogP contribution >= 0.6 is 11.8 Å². The monoisotopic (exact) mass is 365 g/mol. The van der Waals surface area contributed by atoms with Crippen molar-refractivity contribution in [1.82, 2.24) is 0 Å². The molecule has 1 N–H and O–H groups in total. The summed E-state index contributed by atoms with van der Waals surface area (Å²) in [5.74, 6) is 0.687. The molecule has 1 spiro atoms. The van der Waals surface area contributed by atoms with Crippen molar-refractivity contribution < 1.29 is 25.9 Å². The second kappa shape index (κ2) is 5.98. The molecule has 0 bridgehead atoms. The van der Waals surface area contributed by atoms with Crippen molar-refractivity contribution in [3.05, 3.63) is 22.1 Å². The Hall–Kier alpha value is -0.860. The van der Waals surface area contributed by atoms with Crippen molar-refractivity contribution in [3.63, 3.8) is 0 Å². The van der Waals surface area contributed by atoms with Crippen LogP contribution in [0.2, 0.25) is 0 Å². The Labute approximate surface area is 134 Å². The lowest BCUT2D eigenvalue weighted by atomic mass is 10.4. The van der Waals surface area contributed by atoms with Crippen molar-refractivity contribution in [3.8, 4) is 6.07 Å². The quantitative estimate of drug-likeness (QED) is 0.448. The molecule has 2 saturated heterocycles. The summed E-state index contributed by atoms with van der Waals surface area (Å²) in [4.78, 5) is -0.367. The van der Waals surface area contributed by atoms with Crippen LogP contribution < -0.4 is 0 Å². The first-order valence-corrected chi connectivity index (χ1v) is 11.0. The van der Waals surface area contributed by atoms with Crippen LogP contribution in [0.4, 0.5) is 0 Å². The Kier molecular flexibility index (Phi) is 4.75. The molecule has 0 radical (unpaired) electrons. The van der Waals surface area contributed by atoms with Gasteiger partial charge in [0.2, 0.25) is 5.37 Å². The van der Waals surface area contributed by atoms with E-state index >= 15 is 0 Å². The Morgan fingerprint density at radius 1 is 1.41 bits per heavy atom. The summed E-state index contributed by atoms with van der Waals surface area (Å²) in [7, 11) is -7.80. The average molecular weight is 365 g/mol. The van der Waals surface area contributed by atoms with E-state index in [2.05, 4.69) is 0 Å². The molecule has 10 heteroatoms. The van der Waals surface area contributed by atoms with Crippen LogP contribution in [-0.4, -0.2) is 56.3 Å². The number of hydrogen-bond donors (Lipinski definition) is 1. The highest BCUT2D eigenvalue weighted by Crippen LogP contribution is 2.45. The largest absolute Gasteiger partial charge is 0.319 e. The summed E-state index contributed by atoms with van der Waals surface area (Å²) in [6.07, 6.45) is 4.70. The van der Waals surface area contributed by atoms with Gasteiger partial charge in [0.1, 0.15) is 11.0 Å². The third-order valence-electron chi connectivity index (χ3n) is 3.97. The van der Waals surface area contributed by atoms with E-state index < -0.39 is 25.3 Å². The number of allylic oxidation sites excluding steroid dienone is 3. The van der Waals surface area contributed by atoms with Crippen LogP contribution in [0.15, 0.2) is 22.1 Å². The molecule has 7 nitrogen and oxygen atoms in total. The van der Waals surface area contributed by atoms with Crippen LogP contribution in [0.25, 0.3) is 0 Å². The van der Waals surface area contributed by atoms with E-state index in [9.17, 15) is 21.4 Å². The fourth-order valence-electron chi connectivity index (χ4n) is 2.99. The lowest BCUT2D eigenvalue weighted by molar-refractivity contribution is -0.877. The average Bonchev–Trinajstić information content (AvgIpc) is 2.97. The third kappa shape index (κ3) is 3.23. The van der Waals surface area contributed by atoms with Crippen molar-refractivity contribution in [2.24, 2.45) is 0 Å². The minimum atomic E-state index is -4.19. The van der Waals surface area contributed by atoms with Gasteiger partial charge in [0.05, 0.1) is 18.8 Å². The second-order valence-corrected chi connectivity index (χ2v) is 10.0. The van der Waals surface area contributed by atoms with Crippen LogP contribution in [0.1, 0.15) is 12.8 Å². The highest BCUT2D eigenvalue weighted by molar-refractivity contribution is 8.03. The first kappa shape index (κ1) is 17.5. The smallest absolute Gasteiger partial charge is 0.281 e. The zero-order valence-corrected chi connectivity index (χ0v) is 14.4. The molecule has 0 aliphatic carbocycles. The molecular weight excluding hydrogens is 348 g/mol. The summed E-state index contributed by atoms with van der Waals surface area (Å²) >= 11 is 1.43. The van der Waals surface area contributed by atoms with Crippen LogP contribution in [-0.2, 0) is 20.0 Å². The molecule has 2 aliphatic rings. The van der Waals surface area contributed by atoms with Crippen molar-refractivity contribution >= 4 is 31.7 Å². The summed E-state index contributed by atoms with van der Waals surface area (Å²) < 4.78 is 55.7. The molecule has 0 saturated carbocycles. The van der Waals surface area contributed by atoms with Crippen molar-refractivity contribution in [2.45, 2.75) is 18.2 Å². The summed E-state index contributed by atoms with van der Waals surface area (Å²) in [5.41, 5.74) is 0. The molecule has 0 aromatic carbocycles.